The number of hydrogen-bond acceptors (Lipinski definition) is 1. The van der Waals surface area contributed by atoms with Crippen molar-refractivity contribution >= 4 is 22.2 Å². The standard InChI is InChI=1S/C6H11BrO/c1-5(2)6(3-7)4-8/h4-6H,3H2,1-2H3. The average Bonchev–Trinajstić information content (AvgIpc) is 1.69. The molecule has 0 saturated heterocycles. The molecule has 1 nitrogen and oxygen atoms in total. The Labute approximate surface area is 58.6 Å². The van der Waals surface area contributed by atoms with Gasteiger partial charge in [-0.3, -0.25) is 0 Å². The van der Waals surface area contributed by atoms with E-state index in [0.717, 1.165) is 11.6 Å². The lowest BCUT2D eigenvalue weighted by Gasteiger charge is -2.08. The fourth-order valence-electron chi connectivity index (χ4n) is 0.372. The molecule has 8 heavy (non-hydrogen) atoms. The summed E-state index contributed by atoms with van der Waals surface area (Å²) in [5, 5.41) is 0.786. The number of aldehydes is 1. The molecule has 1 atom stereocenters. The van der Waals surface area contributed by atoms with Gasteiger partial charge in [0, 0.05) is 11.2 Å². The van der Waals surface area contributed by atoms with Gasteiger partial charge in [0.25, 0.3) is 0 Å². The molecule has 0 saturated carbocycles. The Morgan fingerprint density at radius 3 is 2.12 bits per heavy atom. The monoisotopic (exact) mass is 178 g/mol. The number of carbonyl (C=O) groups is 1. The lowest BCUT2D eigenvalue weighted by atomic mass is 10.0. The van der Waals surface area contributed by atoms with Crippen LogP contribution in [-0.4, -0.2) is 11.6 Å². The molecule has 0 bridgehead atoms. The maximum atomic E-state index is 10.1. The summed E-state index contributed by atoms with van der Waals surface area (Å²) < 4.78 is 0. The van der Waals surface area contributed by atoms with Crippen LogP contribution in [0, 0.1) is 11.8 Å². The van der Waals surface area contributed by atoms with Crippen molar-refractivity contribution < 1.29 is 4.79 Å². The third kappa shape index (κ3) is 2.46. The van der Waals surface area contributed by atoms with E-state index in [9.17, 15) is 4.79 Å². The number of alkyl halides is 1. The summed E-state index contributed by atoms with van der Waals surface area (Å²) >= 11 is 3.25. The van der Waals surface area contributed by atoms with Crippen LogP contribution in [-0.2, 0) is 4.79 Å². The van der Waals surface area contributed by atoms with Crippen LogP contribution in [0.5, 0.6) is 0 Å². The quantitative estimate of drug-likeness (QED) is 0.477. The Bertz CT molecular complexity index is 70.9. The molecule has 0 rings (SSSR count). The first-order valence-electron chi connectivity index (χ1n) is 2.73. The van der Waals surface area contributed by atoms with Crippen molar-refractivity contribution in [2.24, 2.45) is 11.8 Å². The maximum absolute atomic E-state index is 10.1. The van der Waals surface area contributed by atoms with Gasteiger partial charge >= 0.3 is 0 Å². The lowest BCUT2D eigenvalue weighted by molar-refractivity contribution is -0.111. The van der Waals surface area contributed by atoms with Crippen LogP contribution in [0.3, 0.4) is 0 Å². The van der Waals surface area contributed by atoms with Crippen LogP contribution in [0.1, 0.15) is 13.8 Å². The van der Waals surface area contributed by atoms with Crippen molar-refractivity contribution in [1.82, 2.24) is 0 Å². The molecule has 2 heteroatoms. The first-order chi connectivity index (χ1) is 3.72. The van der Waals surface area contributed by atoms with Crippen LogP contribution >= 0.6 is 15.9 Å². The van der Waals surface area contributed by atoms with Crippen LogP contribution in [0.4, 0.5) is 0 Å². The number of hydrogen-bond donors (Lipinski definition) is 0. The van der Waals surface area contributed by atoms with E-state index in [0.29, 0.717) is 5.92 Å². The van der Waals surface area contributed by atoms with Crippen LogP contribution < -0.4 is 0 Å². The fourth-order valence-corrected chi connectivity index (χ4v) is 1.27. The van der Waals surface area contributed by atoms with Gasteiger partial charge in [0.1, 0.15) is 6.29 Å². The number of rotatable bonds is 3. The molecule has 48 valence electrons. The van der Waals surface area contributed by atoms with Crippen molar-refractivity contribution in [2.75, 3.05) is 5.33 Å². The summed E-state index contributed by atoms with van der Waals surface area (Å²) in [6.07, 6.45) is 0.999. The van der Waals surface area contributed by atoms with E-state index in [2.05, 4.69) is 15.9 Å². The molecule has 0 aromatic carbocycles. The van der Waals surface area contributed by atoms with Gasteiger partial charge in [0.2, 0.25) is 0 Å². The highest BCUT2D eigenvalue weighted by Crippen LogP contribution is 2.09. The van der Waals surface area contributed by atoms with Gasteiger partial charge in [-0.1, -0.05) is 29.8 Å². The van der Waals surface area contributed by atoms with Gasteiger partial charge in [0.05, 0.1) is 0 Å². The minimum atomic E-state index is 0.190. The van der Waals surface area contributed by atoms with Gasteiger partial charge in [-0.25, -0.2) is 0 Å². The molecule has 1 unspecified atom stereocenters. The lowest BCUT2D eigenvalue weighted by Crippen LogP contribution is -2.10. The third-order valence-electron chi connectivity index (χ3n) is 1.21. The van der Waals surface area contributed by atoms with E-state index in [1.165, 1.54) is 0 Å². The second-order valence-corrected chi connectivity index (χ2v) is 2.85. The summed E-state index contributed by atoms with van der Waals surface area (Å²) in [4.78, 5) is 10.1. The van der Waals surface area contributed by atoms with Crippen molar-refractivity contribution in [3.05, 3.63) is 0 Å². The molecule has 0 radical (unpaired) electrons. The molecule has 0 amide bonds. The highest BCUT2D eigenvalue weighted by Gasteiger charge is 2.08. The molecule has 0 spiro atoms. The predicted octanol–water partition coefficient (Wildman–Crippen LogP) is 1.85. The SMILES string of the molecule is CC(C)C(C=O)CBr. The smallest absolute Gasteiger partial charge is 0.124 e. The Morgan fingerprint density at radius 1 is 1.62 bits per heavy atom. The largest absolute Gasteiger partial charge is 0.303 e. The molecule has 0 N–H and O–H groups in total. The van der Waals surface area contributed by atoms with E-state index in [1.54, 1.807) is 0 Å². The molecule has 0 fully saturated rings. The zero-order chi connectivity index (χ0) is 6.57. The summed E-state index contributed by atoms with van der Waals surface area (Å²) in [6, 6.07) is 0. The Morgan fingerprint density at radius 2 is 2.12 bits per heavy atom. The highest BCUT2D eigenvalue weighted by molar-refractivity contribution is 9.09. The van der Waals surface area contributed by atoms with Crippen LogP contribution in [0.15, 0.2) is 0 Å². The average molecular weight is 179 g/mol. The molecular formula is C6H11BrO. The predicted molar refractivity (Wildman–Crippen MR) is 38.2 cm³/mol. The second-order valence-electron chi connectivity index (χ2n) is 2.20. The van der Waals surface area contributed by atoms with Gasteiger partial charge in [0.15, 0.2) is 0 Å². The van der Waals surface area contributed by atoms with E-state index in [-0.39, 0.29) is 5.92 Å². The summed E-state index contributed by atoms with van der Waals surface area (Å²) in [6.45, 7) is 4.08. The van der Waals surface area contributed by atoms with Crippen molar-refractivity contribution in [3.8, 4) is 0 Å². The van der Waals surface area contributed by atoms with Crippen LogP contribution in [0.2, 0.25) is 0 Å². The summed E-state index contributed by atoms with van der Waals surface area (Å²) in [5.74, 6) is 0.655. The third-order valence-corrected chi connectivity index (χ3v) is 1.96. The van der Waals surface area contributed by atoms with Gasteiger partial charge in [-0.15, -0.1) is 0 Å². The van der Waals surface area contributed by atoms with Crippen LogP contribution in [0.25, 0.3) is 0 Å². The molecule has 0 aromatic rings. The zero-order valence-corrected chi connectivity index (χ0v) is 6.81. The molecule has 0 aliphatic heterocycles. The maximum Gasteiger partial charge on any atom is 0.124 e. The Kier molecular flexibility index (Phi) is 4.15. The zero-order valence-electron chi connectivity index (χ0n) is 5.23. The second kappa shape index (κ2) is 4.07. The minimum Gasteiger partial charge on any atom is -0.303 e. The van der Waals surface area contributed by atoms with E-state index < -0.39 is 0 Å². The normalized spacial score (nSPS) is 14.0. The van der Waals surface area contributed by atoms with Crippen molar-refractivity contribution in [3.63, 3.8) is 0 Å². The first kappa shape index (κ1) is 8.15. The fraction of sp³-hybridized carbons (Fsp3) is 0.833. The highest BCUT2D eigenvalue weighted by atomic mass is 79.9. The van der Waals surface area contributed by atoms with Gasteiger partial charge in [-0.2, -0.15) is 0 Å². The molecule has 0 aromatic heterocycles. The Balaban J connectivity index is 3.51. The minimum absolute atomic E-state index is 0.190. The molecule has 0 heterocycles. The Hall–Kier alpha value is 0.150. The molecule has 0 aliphatic rings. The van der Waals surface area contributed by atoms with Gasteiger partial charge in [-0.05, 0) is 5.92 Å². The van der Waals surface area contributed by atoms with E-state index >= 15 is 0 Å². The number of carbonyl (C=O) groups excluding carboxylic acids is 1. The topological polar surface area (TPSA) is 17.1 Å². The van der Waals surface area contributed by atoms with E-state index in [1.807, 2.05) is 13.8 Å². The van der Waals surface area contributed by atoms with Crippen molar-refractivity contribution in [2.45, 2.75) is 13.8 Å². The molecule has 0 aliphatic carbocycles. The van der Waals surface area contributed by atoms with Crippen molar-refractivity contribution in [1.29, 1.82) is 0 Å². The molecular weight excluding hydrogens is 168 g/mol. The van der Waals surface area contributed by atoms with E-state index in [4.69, 9.17) is 0 Å². The van der Waals surface area contributed by atoms with Gasteiger partial charge < -0.3 is 4.79 Å². The summed E-state index contributed by atoms with van der Waals surface area (Å²) in [5.41, 5.74) is 0. The number of halogens is 1. The first-order valence-corrected chi connectivity index (χ1v) is 3.85. The summed E-state index contributed by atoms with van der Waals surface area (Å²) in [7, 11) is 0.